The molecule has 0 aromatic carbocycles. The quantitative estimate of drug-likeness (QED) is 0.406. The number of aromatic nitrogens is 2. The highest BCUT2D eigenvalue weighted by Gasteiger charge is 2.39. The largest absolute Gasteiger partial charge is 0.542 e. The Bertz CT molecular complexity index is 1050. The van der Waals surface area contributed by atoms with E-state index < -0.39 is 8.32 Å². The topological polar surface area (TPSA) is 104 Å². The first-order valence-corrected chi connectivity index (χ1v) is 14.6. The van der Waals surface area contributed by atoms with Gasteiger partial charge in [-0.3, -0.25) is 9.78 Å². The van der Waals surface area contributed by atoms with Crippen LogP contribution < -0.4 is 9.74 Å². The van der Waals surface area contributed by atoms with Crippen LogP contribution in [-0.2, 0) is 20.7 Å². The third kappa shape index (κ3) is 6.34. The average molecular weight is 486 g/mol. The van der Waals surface area contributed by atoms with Crippen molar-refractivity contribution in [3.63, 3.8) is 0 Å². The molecule has 0 atom stereocenters. The fraction of sp³-hybridized carbons (Fsp3) is 0.520. The molecule has 34 heavy (non-hydrogen) atoms. The van der Waals surface area contributed by atoms with E-state index in [4.69, 9.17) is 13.7 Å². The molecule has 0 saturated heterocycles. The third-order valence-corrected chi connectivity index (χ3v) is 10.9. The lowest BCUT2D eigenvalue weighted by Gasteiger charge is -2.36. The van der Waals surface area contributed by atoms with Crippen LogP contribution in [-0.4, -0.2) is 37.4 Å². The van der Waals surface area contributed by atoms with Gasteiger partial charge in [0.25, 0.3) is 8.32 Å². The van der Waals surface area contributed by atoms with Gasteiger partial charge in [-0.15, -0.1) is 0 Å². The van der Waals surface area contributed by atoms with E-state index >= 15 is 0 Å². The molecule has 9 heteroatoms. The van der Waals surface area contributed by atoms with Crippen LogP contribution >= 0.6 is 0 Å². The molecule has 0 saturated carbocycles. The summed E-state index contributed by atoms with van der Waals surface area (Å²) in [5, 5.41) is 7.09. The van der Waals surface area contributed by atoms with Gasteiger partial charge in [0.1, 0.15) is 17.2 Å². The van der Waals surface area contributed by atoms with Gasteiger partial charge in [0.15, 0.2) is 0 Å². The highest BCUT2D eigenvalue weighted by atomic mass is 28.4. The maximum Gasteiger partial charge on any atom is 0.335 e. The highest BCUT2D eigenvalue weighted by Crippen LogP contribution is 2.37. The van der Waals surface area contributed by atoms with Crippen molar-refractivity contribution in [3.05, 3.63) is 41.4 Å². The van der Waals surface area contributed by atoms with Crippen LogP contribution in [0.2, 0.25) is 18.1 Å². The van der Waals surface area contributed by atoms with E-state index in [1.54, 1.807) is 12.3 Å². The SMILES string of the molecule is COC(=O)C1=C(NC(=O)CCc2cc(-c3ccc(O[Si](C)(C)C(C)(C)C)cn3)no2)CCCC1. The van der Waals surface area contributed by atoms with Crippen molar-refractivity contribution in [1.82, 2.24) is 15.5 Å². The van der Waals surface area contributed by atoms with E-state index in [1.165, 1.54) is 7.11 Å². The number of hydrogen-bond donors (Lipinski definition) is 1. The molecule has 0 aliphatic heterocycles. The first-order valence-electron chi connectivity index (χ1n) is 11.7. The van der Waals surface area contributed by atoms with Crippen LogP contribution in [0.15, 0.2) is 40.2 Å². The molecule has 0 fully saturated rings. The van der Waals surface area contributed by atoms with E-state index in [0.717, 1.165) is 18.6 Å². The molecule has 1 aliphatic rings. The number of aryl methyl sites for hydroxylation is 1. The monoisotopic (exact) mass is 485 g/mol. The van der Waals surface area contributed by atoms with Gasteiger partial charge < -0.3 is 19.0 Å². The summed E-state index contributed by atoms with van der Waals surface area (Å²) in [7, 11) is -0.574. The third-order valence-electron chi connectivity index (χ3n) is 6.53. The second-order valence-electron chi connectivity index (χ2n) is 10.1. The molecule has 184 valence electrons. The van der Waals surface area contributed by atoms with Gasteiger partial charge in [-0.05, 0) is 55.9 Å². The van der Waals surface area contributed by atoms with Crippen LogP contribution in [0.25, 0.3) is 11.4 Å². The van der Waals surface area contributed by atoms with Gasteiger partial charge >= 0.3 is 5.97 Å². The second-order valence-corrected chi connectivity index (χ2v) is 14.8. The fourth-order valence-corrected chi connectivity index (χ4v) is 4.47. The molecule has 1 N–H and O–H groups in total. The van der Waals surface area contributed by atoms with Gasteiger partial charge in [-0.1, -0.05) is 25.9 Å². The summed E-state index contributed by atoms with van der Waals surface area (Å²) in [6.45, 7) is 11.0. The normalized spacial score (nSPS) is 14.6. The number of ether oxygens (including phenoxy) is 1. The van der Waals surface area contributed by atoms with E-state index in [2.05, 4.69) is 49.3 Å². The van der Waals surface area contributed by atoms with E-state index in [-0.39, 0.29) is 23.3 Å². The number of esters is 1. The number of rotatable bonds is 8. The summed E-state index contributed by atoms with van der Waals surface area (Å²) in [5.74, 6) is 0.808. The molecule has 0 unspecified atom stereocenters. The fourth-order valence-electron chi connectivity index (χ4n) is 3.45. The standard InChI is InChI=1S/C25H35N3O5Si/c1-25(2,3)34(5,6)33-18-11-13-21(26-16-18)22-15-17(32-28-22)12-14-23(29)27-20-10-8-7-9-19(20)24(30)31-4/h11,13,15-16H,7-10,12,14H2,1-6H3,(H,27,29). The van der Waals surface area contributed by atoms with E-state index in [9.17, 15) is 9.59 Å². The Morgan fingerprint density at radius 2 is 1.88 bits per heavy atom. The molecule has 8 nitrogen and oxygen atoms in total. The van der Waals surface area contributed by atoms with Crippen molar-refractivity contribution in [2.45, 2.75) is 77.4 Å². The zero-order chi connectivity index (χ0) is 24.9. The summed E-state index contributed by atoms with van der Waals surface area (Å²) in [5.41, 5.74) is 2.52. The molecule has 0 bridgehead atoms. The number of hydrogen-bond acceptors (Lipinski definition) is 7. The Balaban J connectivity index is 1.58. The minimum atomic E-state index is -1.93. The molecule has 1 amide bonds. The van der Waals surface area contributed by atoms with Crippen molar-refractivity contribution in [1.29, 1.82) is 0 Å². The first kappa shape index (κ1) is 25.7. The van der Waals surface area contributed by atoms with Crippen molar-refractivity contribution >= 4 is 20.2 Å². The van der Waals surface area contributed by atoms with E-state index in [1.807, 2.05) is 12.1 Å². The Labute approximate surface area is 202 Å². The summed E-state index contributed by atoms with van der Waals surface area (Å²) in [6.07, 6.45) is 5.49. The molecular formula is C25H35N3O5Si. The van der Waals surface area contributed by atoms with Gasteiger partial charge in [-0.2, -0.15) is 0 Å². The lowest BCUT2D eigenvalue weighted by molar-refractivity contribution is -0.136. The molecule has 2 aromatic heterocycles. The molecule has 0 spiro atoms. The maximum atomic E-state index is 12.5. The maximum absolute atomic E-state index is 12.5. The molecular weight excluding hydrogens is 450 g/mol. The minimum Gasteiger partial charge on any atom is -0.542 e. The molecule has 2 aromatic rings. The number of allylic oxidation sites excluding steroid dienone is 1. The number of nitrogens with one attached hydrogen (secondary N) is 1. The Morgan fingerprint density at radius 3 is 2.53 bits per heavy atom. The van der Waals surface area contributed by atoms with Crippen LogP contribution in [0.4, 0.5) is 0 Å². The Hall–Kier alpha value is -2.94. The Morgan fingerprint density at radius 1 is 1.15 bits per heavy atom. The van der Waals surface area contributed by atoms with Crippen molar-refractivity contribution in [2.24, 2.45) is 0 Å². The smallest absolute Gasteiger partial charge is 0.335 e. The van der Waals surface area contributed by atoms with Crippen molar-refractivity contribution < 1.29 is 23.3 Å². The van der Waals surface area contributed by atoms with Gasteiger partial charge in [0, 0.05) is 24.6 Å². The van der Waals surface area contributed by atoms with Gasteiger partial charge in [0.2, 0.25) is 5.91 Å². The number of carbonyl (C=O) groups is 2. The van der Waals surface area contributed by atoms with Gasteiger partial charge in [0.05, 0.1) is 24.6 Å². The predicted octanol–water partition coefficient (Wildman–Crippen LogP) is 5.17. The zero-order valence-electron chi connectivity index (χ0n) is 21.0. The van der Waals surface area contributed by atoms with Crippen molar-refractivity contribution in [3.8, 4) is 17.1 Å². The second kappa shape index (κ2) is 10.5. The summed E-state index contributed by atoms with van der Waals surface area (Å²) >= 11 is 0. The van der Waals surface area contributed by atoms with Crippen LogP contribution in [0.5, 0.6) is 5.75 Å². The number of carbonyl (C=O) groups excluding carboxylic acids is 2. The summed E-state index contributed by atoms with van der Waals surface area (Å²) in [6, 6.07) is 5.56. The van der Waals surface area contributed by atoms with E-state index in [0.29, 0.717) is 47.7 Å². The molecule has 0 radical (unpaired) electrons. The first-order chi connectivity index (χ1) is 16.0. The average Bonchev–Trinajstić information content (AvgIpc) is 3.26. The number of nitrogens with zero attached hydrogens (tertiary/aromatic N) is 2. The predicted molar refractivity (Wildman–Crippen MR) is 132 cm³/mol. The number of pyridine rings is 1. The minimum absolute atomic E-state index is 0.105. The van der Waals surface area contributed by atoms with Crippen molar-refractivity contribution in [2.75, 3.05) is 7.11 Å². The number of amides is 1. The molecule has 3 rings (SSSR count). The molecule has 1 aliphatic carbocycles. The highest BCUT2D eigenvalue weighted by molar-refractivity contribution is 6.74. The number of methoxy groups -OCH3 is 1. The van der Waals surface area contributed by atoms with Crippen LogP contribution in [0, 0.1) is 0 Å². The lowest BCUT2D eigenvalue weighted by atomic mass is 9.96. The summed E-state index contributed by atoms with van der Waals surface area (Å²) < 4.78 is 16.5. The van der Waals surface area contributed by atoms with Crippen LogP contribution in [0.1, 0.15) is 58.6 Å². The molecule has 2 heterocycles. The van der Waals surface area contributed by atoms with Crippen LogP contribution in [0.3, 0.4) is 0 Å². The summed E-state index contributed by atoms with van der Waals surface area (Å²) in [4.78, 5) is 28.9. The zero-order valence-corrected chi connectivity index (χ0v) is 22.0. The lowest BCUT2D eigenvalue weighted by Crippen LogP contribution is -2.43. The van der Waals surface area contributed by atoms with Gasteiger partial charge in [-0.25, -0.2) is 4.79 Å². The Kier molecular flexibility index (Phi) is 7.96.